The molecule has 2 aromatic carbocycles. The van der Waals surface area contributed by atoms with E-state index < -0.39 is 10.0 Å². The van der Waals surface area contributed by atoms with E-state index in [-0.39, 0.29) is 0 Å². The summed E-state index contributed by atoms with van der Waals surface area (Å²) in [6.07, 6.45) is 2.22. The van der Waals surface area contributed by atoms with Crippen molar-refractivity contribution in [2.24, 2.45) is 0 Å². The van der Waals surface area contributed by atoms with Crippen molar-refractivity contribution in [3.8, 4) is 0 Å². The molecule has 1 unspecified atom stereocenters. The average Bonchev–Trinajstić information content (AvgIpc) is 3.41. The molecular formula is C22H25N3O3S2. The van der Waals surface area contributed by atoms with E-state index in [9.17, 15) is 8.42 Å². The Morgan fingerprint density at radius 1 is 1.07 bits per heavy atom. The second-order valence-electron chi connectivity index (χ2n) is 7.81. The van der Waals surface area contributed by atoms with Crippen molar-refractivity contribution >= 4 is 31.6 Å². The van der Waals surface area contributed by atoms with E-state index in [2.05, 4.69) is 23.1 Å². The first-order valence-corrected chi connectivity index (χ1v) is 12.6. The monoisotopic (exact) mass is 443 g/mol. The summed E-state index contributed by atoms with van der Waals surface area (Å²) in [5.74, 6) is 0. The van der Waals surface area contributed by atoms with E-state index in [1.807, 2.05) is 24.3 Å². The van der Waals surface area contributed by atoms with Crippen LogP contribution in [0.4, 0.5) is 0 Å². The quantitative estimate of drug-likeness (QED) is 0.602. The molecule has 3 aromatic rings. The summed E-state index contributed by atoms with van der Waals surface area (Å²) >= 11 is 1.77. The van der Waals surface area contributed by atoms with Crippen LogP contribution < -0.4 is 0 Å². The highest BCUT2D eigenvalue weighted by molar-refractivity contribution is 7.89. The van der Waals surface area contributed by atoms with Crippen LogP contribution in [-0.2, 0) is 21.3 Å². The van der Waals surface area contributed by atoms with Crippen molar-refractivity contribution in [1.29, 1.82) is 0 Å². The standard InChI is InChI=1S/C22H25N3O3S2/c26-30(27,25-11-13-28-14-12-25)18-6-3-5-17(15-18)16-24-10-4-8-20(24)22-23-19-7-1-2-9-21(19)29-22/h1-3,5-7,9,15,20H,4,8,10-14,16H2. The molecule has 0 spiro atoms. The number of rotatable bonds is 5. The number of sulfonamides is 1. The van der Waals surface area contributed by atoms with Crippen LogP contribution >= 0.6 is 11.3 Å². The molecule has 30 heavy (non-hydrogen) atoms. The van der Waals surface area contributed by atoms with E-state index in [1.54, 1.807) is 17.4 Å². The number of likely N-dealkylation sites (tertiary alicyclic amines) is 1. The molecule has 158 valence electrons. The first-order valence-electron chi connectivity index (χ1n) is 10.4. The number of nitrogens with zero attached hydrogens (tertiary/aromatic N) is 3. The summed E-state index contributed by atoms with van der Waals surface area (Å²) in [5, 5.41) is 1.16. The van der Waals surface area contributed by atoms with Crippen LogP contribution in [0.5, 0.6) is 0 Å². The minimum absolute atomic E-state index is 0.293. The van der Waals surface area contributed by atoms with E-state index in [0.717, 1.165) is 42.0 Å². The normalized spacial score (nSPS) is 21.4. The number of hydrogen-bond donors (Lipinski definition) is 0. The molecule has 2 aliphatic heterocycles. The highest BCUT2D eigenvalue weighted by Gasteiger charge is 2.30. The maximum atomic E-state index is 13.0. The van der Waals surface area contributed by atoms with Crippen molar-refractivity contribution in [2.75, 3.05) is 32.8 Å². The Morgan fingerprint density at radius 3 is 2.73 bits per heavy atom. The molecule has 0 bridgehead atoms. The van der Waals surface area contributed by atoms with Crippen LogP contribution in [0.25, 0.3) is 10.2 Å². The van der Waals surface area contributed by atoms with Crippen molar-refractivity contribution in [3.05, 3.63) is 59.1 Å². The molecule has 2 aliphatic rings. The number of hydrogen-bond acceptors (Lipinski definition) is 6. The zero-order valence-corrected chi connectivity index (χ0v) is 18.4. The van der Waals surface area contributed by atoms with Crippen LogP contribution in [-0.4, -0.2) is 55.5 Å². The second-order valence-corrected chi connectivity index (χ2v) is 10.8. The Balaban J connectivity index is 1.37. The van der Waals surface area contributed by atoms with E-state index in [1.165, 1.54) is 9.01 Å². The third-order valence-corrected chi connectivity index (χ3v) is 8.88. The molecule has 0 radical (unpaired) electrons. The highest BCUT2D eigenvalue weighted by Crippen LogP contribution is 2.37. The molecule has 6 nitrogen and oxygen atoms in total. The van der Waals surface area contributed by atoms with Gasteiger partial charge in [0.2, 0.25) is 10.0 Å². The maximum absolute atomic E-state index is 13.0. The van der Waals surface area contributed by atoms with Gasteiger partial charge in [0, 0.05) is 19.6 Å². The lowest BCUT2D eigenvalue weighted by Gasteiger charge is -2.26. The van der Waals surface area contributed by atoms with Gasteiger partial charge in [-0.2, -0.15) is 4.31 Å². The van der Waals surface area contributed by atoms with Crippen molar-refractivity contribution in [3.63, 3.8) is 0 Å². The topological polar surface area (TPSA) is 62.7 Å². The molecule has 0 N–H and O–H groups in total. The summed E-state index contributed by atoms with van der Waals surface area (Å²) in [7, 11) is -3.48. The molecule has 0 amide bonds. The van der Waals surface area contributed by atoms with Crippen LogP contribution in [0, 0.1) is 0 Å². The number of ether oxygens (including phenoxy) is 1. The molecule has 1 aromatic heterocycles. The first kappa shape index (κ1) is 20.1. The van der Waals surface area contributed by atoms with Gasteiger partial charge in [-0.1, -0.05) is 24.3 Å². The van der Waals surface area contributed by atoms with Crippen molar-refractivity contribution in [2.45, 2.75) is 30.3 Å². The molecule has 8 heteroatoms. The lowest BCUT2D eigenvalue weighted by atomic mass is 10.2. The van der Waals surface area contributed by atoms with Crippen LogP contribution in [0.15, 0.2) is 53.4 Å². The van der Waals surface area contributed by atoms with Crippen molar-refractivity contribution < 1.29 is 13.2 Å². The van der Waals surface area contributed by atoms with Gasteiger partial charge in [0.05, 0.1) is 34.4 Å². The number of benzene rings is 2. The molecule has 2 fully saturated rings. The largest absolute Gasteiger partial charge is 0.379 e. The fraction of sp³-hybridized carbons (Fsp3) is 0.409. The molecule has 5 rings (SSSR count). The lowest BCUT2D eigenvalue weighted by molar-refractivity contribution is 0.0730. The third kappa shape index (κ3) is 3.90. The molecule has 3 heterocycles. The van der Waals surface area contributed by atoms with Crippen LogP contribution in [0.2, 0.25) is 0 Å². The third-order valence-electron chi connectivity index (χ3n) is 5.85. The molecule has 0 aliphatic carbocycles. The zero-order valence-electron chi connectivity index (χ0n) is 16.7. The fourth-order valence-corrected chi connectivity index (χ4v) is 6.92. The average molecular weight is 444 g/mol. The highest BCUT2D eigenvalue weighted by atomic mass is 32.2. The first-order chi connectivity index (χ1) is 14.6. The Kier molecular flexibility index (Phi) is 5.59. The summed E-state index contributed by atoms with van der Waals surface area (Å²) in [6.45, 7) is 3.47. The van der Waals surface area contributed by atoms with Gasteiger partial charge in [-0.05, 0) is 49.2 Å². The van der Waals surface area contributed by atoms with Crippen LogP contribution in [0.3, 0.4) is 0 Å². The van der Waals surface area contributed by atoms with Gasteiger partial charge in [0.1, 0.15) is 5.01 Å². The molecule has 0 saturated carbocycles. The predicted octanol–water partition coefficient (Wildman–Crippen LogP) is 3.65. The molecule has 1 atom stereocenters. The Morgan fingerprint density at radius 2 is 1.90 bits per heavy atom. The van der Waals surface area contributed by atoms with E-state index in [4.69, 9.17) is 9.72 Å². The zero-order chi connectivity index (χ0) is 20.6. The van der Waals surface area contributed by atoms with Gasteiger partial charge in [-0.3, -0.25) is 4.90 Å². The second kappa shape index (κ2) is 8.36. The smallest absolute Gasteiger partial charge is 0.243 e. The molecule has 2 saturated heterocycles. The Hall–Kier alpha value is -1.84. The van der Waals surface area contributed by atoms with Gasteiger partial charge in [0.25, 0.3) is 0 Å². The Labute approximate surface area is 181 Å². The number of aromatic nitrogens is 1. The minimum Gasteiger partial charge on any atom is -0.379 e. The van der Waals surface area contributed by atoms with Gasteiger partial charge in [-0.15, -0.1) is 11.3 Å². The van der Waals surface area contributed by atoms with Gasteiger partial charge >= 0.3 is 0 Å². The van der Waals surface area contributed by atoms with Gasteiger partial charge in [0.15, 0.2) is 0 Å². The van der Waals surface area contributed by atoms with Crippen molar-refractivity contribution in [1.82, 2.24) is 14.2 Å². The lowest BCUT2D eigenvalue weighted by Crippen LogP contribution is -2.40. The predicted molar refractivity (Wildman–Crippen MR) is 118 cm³/mol. The van der Waals surface area contributed by atoms with Gasteiger partial charge < -0.3 is 4.74 Å². The van der Waals surface area contributed by atoms with E-state index >= 15 is 0 Å². The number of fused-ring (bicyclic) bond motifs is 1. The SMILES string of the molecule is O=S(=O)(c1cccc(CN2CCCC2c2nc3ccccc3s2)c1)N1CCOCC1. The fourth-order valence-electron chi connectivity index (χ4n) is 4.30. The minimum atomic E-state index is -3.48. The van der Waals surface area contributed by atoms with E-state index in [0.29, 0.717) is 37.2 Å². The summed E-state index contributed by atoms with van der Waals surface area (Å²) in [6, 6.07) is 16.0. The Bertz CT molecular complexity index is 1110. The molecular weight excluding hydrogens is 418 g/mol. The van der Waals surface area contributed by atoms with Gasteiger partial charge in [-0.25, -0.2) is 13.4 Å². The summed E-state index contributed by atoms with van der Waals surface area (Å²) in [4.78, 5) is 7.67. The number of para-hydroxylation sites is 1. The maximum Gasteiger partial charge on any atom is 0.243 e. The summed E-state index contributed by atoms with van der Waals surface area (Å²) < 4.78 is 34.1. The summed E-state index contributed by atoms with van der Waals surface area (Å²) in [5.41, 5.74) is 2.08. The van der Waals surface area contributed by atoms with Crippen LogP contribution in [0.1, 0.15) is 29.5 Å². The number of morpholine rings is 1. The number of thiazole rings is 1.